The SMILES string of the molecule is Cc1cccc(CN(C)c2cccc(Cl)c2[N+](=O)[O-])n1. The van der Waals surface area contributed by atoms with Crippen molar-refractivity contribution in [1.82, 2.24) is 4.98 Å². The third-order valence-electron chi connectivity index (χ3n) is 2.90. The van der Waals surface area contributed by atoms with E-state index in [1.165, 1.54) is 6.07 Å². The van der Waals surface area contributed by atoms with E-state index in [0.29, 0.717) is 12.2 Å². The van der Waals surface area contributed by atoms with Crippen LogP contribution in [0.4, 0.5) is 11.4 Å². The van der Waals surface area contributed by atoms with Gasteiger partial charge in [0.15, 0.2) is 0 Å². The average molecular weight is 292 g/mol. The zero-order chi connectivity index (χ0) is 14.7. The Hall–Kier alpha value is -2.14. The van der Waals surface area contributed by atoms with Crippen molar-refractivity contribution < 1.29 is 4.92 Å². The van der Waals surface area contributed by atoms with Crippen molar-refractivity contribution in [2.75, 3.05) is 11.9 Å². The van der Waals surface area contributed by atoms with Crippen LogP contribution in [0.5, 0.6) is 0 Å². The predicted molar refractivity (Wildman–Crippen MR) is 79.2 cm³/mol. The first kappa shape index (κ1) is 14.3. The van der Waals surface area contributed by atoms with Crippen LogP contribution in [0.25, 0.3) is 0 Å². The topological polar surface area (TPSA) is 59.3 Å². The number of hydrogen-bond acceptors (Lipinski definition) is 4. The number of nitro groups is 1. The summed E-state index contributed by atoms with van der Waals surface area (Å²) in [5.41, 5.74) is 2.16. The Morgan fingerprint density at radius 1 is 1.30 bits per heavy atom. The molecular formula is C14H14ClN3O2. The Balaban J connectivity index is 2.32. The van der Waals surface area contributed by atoms with Gasteiger partial charge in [-0.1, -0.05) is 23.7 Å². The lowest BCUT2D eigenvalue weighted by Crippen LogP contribution is -2.18. The summed E-state index contributed by atoms with van der Waals surface area (Å²) >= 11 is 5.91. The second-order valence-corrected chi connectivity index (χ2v) is 4.90. The van der Waals surface area contributed by atoms with Gasteiger partial charge in [-0.15, -0.1) is 0 Å². The molecule has 0 fully saturated rings. The molecule has 104 valence electrons. The number of para-hydroxylation sites is 1. The summed E-state index contributed by atoms with van der Waals surface area (Å²) in [5, 5.41) is 11.3. The van der Waals surface area contributed by atoms with Crippen LogP contribution in [0.3, 0.4) is 0 Å². The standard InChI is InChI=1S/C14H14ClN3O2/c1-10-5-3-6-11(16-10)9-17(2)13-8-4-7-12(15)14(13)18(19)20/h3-8H,9H2,1-2H3. The fourth-order valence-corrected chi connectivity index (χ4v) is 2.25. The van der Waals surface area contributed by atoms with E-state index in [0.717, 1.165) is 11.4 Å². The molecule has 1 aromatic heterocycles. The molecule has 6 heteroatoms. The summed E-state index contributed by atoms with van der Waals surface area (Å²) in [6.45, 7) is 2.38. The van der Waals surface area contributed by atoms with Crippen LogP contribution in [0.1, 0.15) is 11.4 Å². The number of hydrogen-bond donors (Lipinski definition) is 0. The molecular weight excluding hydrogens is 278 g/mol. The van der Waals surface area contributed by atoms with Crippen LogP contribution in [-0.2, 0) is 6.54 Å². The number of aryl methyl sites for hydroxylation is 1. The summed E-state index contributed by atoms with van der Waals surface area (Å²) in [6, 6.07) is 10.6. The van der Waals surface area contributed by atoms with Gasteiger partial charge >= 0.3 is 5.69 Å². The van der Waals surface area contributed by atoms with Gasteiger partial charge in [-0.3, -0.25) is 15.1 Å². The molecule has 0 unspecified atom stereocenters. The Labute approximate surface area is 122 Å². The molecule has 0 saturated heterocycles. The molecule has 0 bridgehead atoms. The van der Waals surface area contributed by atoms with Crippen molar-refractivity contribution in [3.63, 3.8) is 0 Å². The number of anilines is 1. The maximum absolute atomic E-state index is 11.1. The number of benzene rings is 1. The monoisotopic (exact) mass is 291 g/mol. The van der Waals surface area contributed by atoms with E-state index in [9.17, 15) is 10.1 Å². The lowest BCUT2D eigenvalue weighted by atomic mass is 10.2. The number of pyridine rings is 1. The van der Waals surface area contributed by atoms with Gasteiger partial charge in [-0.2, -0.15) is 0 Å². The molecule has 2 rings (SSSR count). The zero-order valence-corrected chi connectivity index (χ0v) is 12.0. The molecule has 0 N–H and O–H groups in total. The largest absolute Gasteiger partial charge is 0.363 e. The quantitative estimate of drug-likeness (QED) is 0.638. The molecule has 0 aliphatic rings. The molecule has 2 aromatic rings. The predicted octanol–water partition coefficient (Wildman–Crippen LogP) is 3.59. The molecule has 20 heavy (non-hydrogen) atoms. The van der Waals surface area contributed by atoms with E-state index in [1.807, 2.05) is 25.1 Å². The molecule has 0 aliphatic carbocycles. The van der Waals surface area contributed by atoms with Gasteiger partial charge in [-0.25, -0.2) is 0 Å². The van der Waals surface area contributed by atoms with Crippen LogP contribution in [0, 0.1) is 17.0 Å². The van der Waals surface area contributed by atoms with Crippen LogP contribution in [-0.4, -0.2) is 17.0 Å². The minimum Gasteiger partial charge on any atom is -0.363 e. The van der Waals surface area contributed by atoms with E-state index in [-0.39, 0.29) is 10.7 Å². The molecule has 0 amide bonds. The van der Waals surface area contributed by atoms with E-state index in [4.69, 9.17) is 11.6 Å². The fourth-order valence-electron chi connectivity index (χ4n) is 2.01. The molecule has 1 heterocycles. The van der Waals surface area contributed by atoms with Crippen molar-refractivity contribution in [2.24, 2.45) is 0 Å². The van der Waals surface area contributed by atoms with Crippen LogP contribution in [0.2, 0.25) is 5.02 Å². The van der Waals surface area contributed by atoms with Crippen LogP contribution in [0.15, 0.2) is 36.4 Å². The molecule has 0 radical (unpaired) electrons. The number of nitrogens with zero attached hydrogens (tertiary/aromatic N) is 3. The maximum Gasteiger partial charge on any atom is 0.310 e. The van der Waals surface area contributed by atoms with E-state index in [2.05, 4.69) is 4.98 Å². The van der Waals surface area contributed by atoms with Crippen LogP contribution >= 0.6 is 11.6 Å². The zero-order valence-electron chi connectivity index (χ0n) is 11.2. The van der Waals surface area contributed by atoms with Crippen molar-refractivity contribution in [3.05, 3.63) is 62.9 Å². The average Bonchev–Trinajstić information content (AvgIpc) is 2.37. The Bertz CT molecular complexity index is 646. The van der Waals surface area contributed by atoms with Crippen molar-refractivity contribution in [1.29, 1.82) is 0 Å². The molecule has 0 aliphatic heterocycles. The normalized spacial score (nSPS) is 10.3. The van der Waals surface area contributed by atoms with Gasteiger partial charge < -0.3 is 4.90 Å². The van der Waals surface area contributed by atoms with E-state index in [1.54, 1.807) is 24.1 Å². The molecule has 1 aromatic carbocycles. The second kappa shape index (κ2) is 5.88. The van der Waals surface area contributed by atoms with Crippen molar-refractivity contribution >= 4 is 23.0 Å². The first-order valence-electron chi connectivity index (χ1n) is 6.05. The minimum atomic E-state index is -0.460. The fraction of sp³-hybridized carbons (Fsp3) is 0.214. The Morgan fingerprint density at radius 3 is 2.65 bits per heavy atom. The summed E-state index contributed by atoms with van der Waals surface area (Å²) < 4.78 is 0. The number of nitro benzene ring substituents is 1. The molecule has 0 saturated carbocycles. The first-order valence-corrected chi connectivity index (χ1v) is 6.43. The highest BCUT2D eigenvalue weighted by Gasteiger charge is 2.21. The second-order valence-electron chi connectivity index (χ2n) is 4.49. The van der Waals surface area contributed by atoms with E-state index >= 15 is 0 Å². The van der Waals surface area contributed by atoms with Gasteiger partial charge in [0.2, 0.25) is 0 Å². The highest BCUT2D eigenvalue weighted by Crippen LogP contribution is 2.34. The van der Waals surface area contributed by atoms with Crippen molar-refractivity contribution in [2.45, 2.75) is 13.5 Å². The van der Waals surface area contributed by atoms with Gasteiger partial charge in [-0.05, 0) is 31.2 Å². The van der Waals surface area contributed by atoms with Crippen molar-refractivity contribution in [3.8, 4) is 0 Å². The highest BCUT2D eigenvalue weighted by molar-refractivity contribution is 6.33. The maximum atomic E-state index is 11.1. The highest BCUT2D eigenvalue weighted by atomic mass is 35.5. The molecule has 0 spiro atoms. The van der Waals surface area contributed by atoms with Crippen LogP contribution < -0.4 is 4.90 Å². The summed E-state index contributed by atoms with van der Waals surface area (Å²) in [5.74, 6) is 0. The number of halogens is 1. The Morgan fingerprint density at radius 2 is 2.00 bits per heavy atom. The lowest BCUT2D eigenvalue weighted by Gasteiger charge is -2.19. The Kier molecular flexibility index (Phi) is 4.20. The summed E-state index contributed by atoms with van der Waals surface area (Å²) in [4.78, 5) is 16.8. The minimum absolute atomic E-state index is 0.0793. The third-order valence-corrected chi connectivity index (χ3v) is 3.21. The number of aromatic nitrogens is 1. The first-order chi connectivity index (χ1) is 9.49. The van der Waals surface area contributed by atoms with Gasteiger partial charge in [0.05, 0.1) is 17.2 Å². The lowest BCUT2D eigenvalue weighted by molar-refractivity contribution is -0.384. The summed E-state index contributed by atoms with van der Waals surface area (Å²) in [7, 11) is 1.78. The summed E-state index contributed by atoms with van der Waals surface area (Å²) in [6.07, 6.45) is 0. The van der Waals surface area contributed by atoms with Gasteiger partial charge in [0, 0.05) is 12.7 Å². The molecule has 5 nitrogen and oxygen atoms in total. The molecule has 0 atom stereocenters. The number of rotatable bonds is 4. The van der Waals surface area contributed by atoms with E-state index < -0.39 is 4.92 Å². The smallest absolute Gasteiger partial charge is 0.310 e. The van der Waals surface area contributed by atoms with Gasteiger partial charge in [0.1, 0.15) is 10.7 Å². The van der Waals surface area contributed by atoms with Gasteiger partial charge in [0.25, 0.3) is 0 Å². The third kappa shape index (κ3) is 3.05.